The maximum absolute atomic E-state index is 12.9. The SMILES string of the molecule is CN1CCC(CN(C)c2ccc3nnc(C(F)(F)F)n3n2)CC1. The zero-order valence-electron chi connectivity index (χ0n) is 13.1. The van der Waals surface area contributed by atoms with Crippen LogP contribution in [-0.4, -0.2) is 58.4 Å². The highest BCUT2D eigenvalue weighted by atomic mass is 19.4. The Bertz CT molecular complexity index is 675. The van der Waals surface area contributed by atoms with Crippen molar-refractivity contribution in [2.75, 3.05) is 38.6 Å². The van der Waals surface area contributed by atoms with Gasteiger partial charge >= 0.3 is 6.18 Å². The van der Waals surface area contributed by atoms with Crippen molar-refractivity contribution in [2.24, 2.45) is 5.92 Å². The van der Waals surface area contributed by atoms with Crippen LogP contribution in [0.1, 0.15) is 18.7 Å². The van der Waals surface area contributed by atoms with E-state index >= 15 is 0 Å². The van der Waals surface area contributed by atoms with E-state index in [-0.39, 0.29) is 5.65 Å². The number of aromatic nitrogens is 4. The number of nitrogens with zero attached hydrogens (tertiary/aromatic N) is 6. The summed E-state index contributed by atoms with van der Waals surface area (Å²) in [6, 6.07) is 3.19. The van der Waals surface area contributed by atoms with Crippen LogP contribution in [0.2, 0.25) is 0 Å². The topological polar surface area (TPSA) is 49.6 Å². The van der Waals surface area contributed by atoms with E-state index in [0.717, 1.165) is 37.0 Å². The lowest BCUT2D eigenvalue weighted by molar-refractivity contribution is -0.146. The molecule has 6 nitrogen and oxygen atoms in total. The molecule has 0 N–H and O–H groups in total. The van der Waals surface area contributed by atoms with E-state index in [1.807, 2.05) is 11.9 Å². The molecule has 0 amide bonds. The van der Waals surface area contributed by atoms with Crippen molar-refractivity contribution in [2.45, 2.75) is 19.0 Å². The number of hydrogen-bond donors (Lipinski definition) is 0. The van der Waals surface area contributed by atoms with Crippen molar-refractivity contribution >= 4 is 11.5 Å². The fourth-order valence-corrected chi connectivity index (χ4v) is 2.89. The molecule has 0 spiro atoms. The Morgan fingerprint density at radius 2 is 1.91 bits per heavy atom. The number of halogens is 3. The molecule has 1 fully saturated rings. The normalized spacial score (nSPS) is 17.8. The fraction of sp³-hybridized carbons (Fsp3) is 0.643. The Morgan fingerprint density at radius 3 is 2.57 bits per heavy atom. The lowest BCUT2D eigenvalue weighted by Gasteiger charge is -2.32. The molecule has 2 aromatic heterocycles. The first-order valence-corrected chi connectivity index (χ1v) is 7.54. The predicted molar refractivity (Wildman–Crippen MR) is 79.3 cm³/mol. The van der Waals surface area contributed by atoms with Gasteiger partial charge in [0.25, 0.3) is 5.82 Å². The van der Waals surface area contributed by atoms with Gasteiger partial charge in [-0.3, -0.25) is 0 Å². The van der Waals surface area contributed by atoms with Gasteiger partial charge in [-0.15, -0.1) is 15.3 Å². The number of fused-ring (bicyclic) bond motifs is 1. The number of hydrogen-bond acceptors (Lipinski definition) is 5. The smallest absolute Gasteiger partial charge is 0.358 e. The van der Waals surface area contributed by atoms with Crippen molar-refractivity contribution in [1.29, 1.82) is 0 Å². The van der Waals surface area contributed by atoms with E-state index in [4.69, 9.17) is 0 Å². The summed E-state index contributed by atoms with van der Waals surface area (Å²) in [6.07, 6.45) is -2.40. The van der Waals surface area contributed by atoms with Crippen LogP contribution in [0.5, 0.6) is 0 Å². The highest BCUT2D eigenvalue weighted by molar-refractivity contribution is 5.45. The van der Waals surface area contributed by atoms with Crippen LogP contribution in [0.25, 0.3) is 5.65 Å². The van der Waals surface area contributed by atoms with Gasteiger partial charge in [0.15, 0.2) is 5.65 Å². The van der Waals surface area contributed by atoms with Gasteiger partial charge in [-0.25, -0.2) is 0 Å². The number of piperidine rings is 1. The number of rotatable bonds is 3. The Kier molecular flexibility index (Phi) is 4.13. The summed E-state index contributed by atoms with van der Waals surface area (Å²) < 4.78 is 39.5. The molecule has 23 heavy (non-hydrogen) atoms. The molecule has 2 aromatic rings. The Labute approximate surface area is 131 Å². The fourth-order valence-electron chi connectivity index (χ4n) is 2.89. The summed E-state index contributed by atoms with van der Waals surface area (Å²) in [7, 11) is 3.95. The summed E-state index contributed by atoms with van der Waals surface area (Å²) >= 11 is 0. The van der Waals surface area contributed by atoms with Crippen LogP contribution in [0, 0.1) is 5.92 Å². The van der Waals surface area contributed by atoms with Crippen molar-refractivity contribution in [3.05, 3.63) is 18.0 Å². The molecule has 1 aliphatic rings. The molecule has 9 heteroatoms. The van der Waals surface area contributed by atoms with E-state index in [0.29, 0.717) is 11.7 Å². The predicted octanol–water partition coefficient (Wildman–Crippen LogP) is 1.92. The lowest BCUT2D eigenvalue weighted by atomic mass is 9.97. The standard InChI is InChI=1S/C14H19F3N6/c1-21-7-5-10(6-8-21)9-22(2)12-4-3-11-18-19-13(14(15,16)17)23(11)20-12/h3-4,10H,5-9H2,1-2H3. The zero-order valence-corrected chi connectivity index (χ0v) is 13.1. The van der Waals surface area contributed by atoms with E-state index in [2.05, 4.69) is 27.2 Å². The molecule has 0 bridgehead atoms. The van der Waals surface area contributed by atoms with Gasteiger partial charge in [0.2, 0.25) is 0 Å². The van der Waals surface area contributed by atoms with Gasteiger partial charge in [-0.05, 0) is 51.0 Å². The average molecular weight is 328 g/mol. The first-order valence-electron chi connectivity index (χ1n) is 7.54. The highest BCUT2D eigenvalue weighted by Gasteiger charge is 2.37. The molecule has 1 saturated heterocycles. The Hall–Kier alpha value is -1.90. The van der Waals surface area contributed by atoms with Crippen molar-refractivity contribution in [3.8, 4) is 0 Å². The van der Waals surface area contributed by atoms with Gasteiger partial charge in [-0.2, -0.15) is 17.7 Å². The van der Waals surface area contributed by atoms with E-state index in [1.165, 1.54) is 6.07 Å². The third-order valence-corrected chi connectivity index (χ3v) is 4.26. The second-order valence-corrected chi connectivity index (χ2v) is 6.11. The van der Waals surface area contributed by atoms with E-state index in [9.17, 15) is 13.2 Å². The van der Waals surface area contributed by atoms with Crippen LogP contribution >= 0.6 is 0 Å². The van der Waals surface area contributed by atoms with Gasteiger partial charge in [-0.1, -0.05) is 0 Å². The number of likely N-dealkylation sites (tertiary alicyclic amines) is 1. The highest BCUT2D eigenvalue weighted by Crippen LogP contribution is 2.28. The molecule has 0 unspecified atom stereocenters. The molecule has 0 atom stereocenters. The minimum atomic E-state index is -4.57. The molecular formula is C14H19F3N6. The quantitative estimate of drug-likeness (QED) is 0.862. The molecule has 0 aliphatic carbocycles. The average Bonchev–Trinajstić information content (AvgIpc) is 2.92. The largest absolute Gasteiger partial charge is 0.453 e. The summed E-state index contributed by atoms with van der Waals surface area (Å²) in [4.78, 5) is 4.18. The molecule has 126 valence electrons. The molecular weight excluding hydrogens is 309 g/mol. The first kappa shape index (κ1) is 16.0. The van der Waals surface area contributed by atoms with Crippen LogP contribution in [0.4, 0.5) is 19.0 Å². The van der Waals surface area contributed by atoms with Crippen molar-refractivity contribution in [3.63, 3.8) is 0 Å². The summed E-state index contributed by atoms with van der Waals surface area (Å²) in [5, 5.41) is 10.8. The van der Waals surface area contributed by atoms with Crippen LogP contribution in [0.15, 0.2) is 12.1 Å². The maximum Gasteiger partial charge on any atom is 0.453 e. The summed E-state index contributed by atoms with van der Waals surface area (Å²) in [5.74, 6) is -0.0829. The zero-order chi connectivity index (χ0) is 16.6. The van der Waals surface area contributed by atoms with Crippen molar-refractivity contribution < 1.29 is 13.2 Å². The summed E-state index contributed by atoms with van der Waals surface area (Å²) in [6.45, 7) is 2.87. The second-order valence-electron chi connectivity index (χ2n) is 6.11. The minimum absolute atomic E-state index is 0.0915. The molecule has 0 saturated carbocycles. The van der Waals surface area contributed by atoms with Crippen molar-refractivity contribution in [1.82, 2.24) is 24.7 Å². The Balaban J connectivity index is 1.79. The van der Waals surface area contributed by atoms with Crippen LogP contribution < -0.4 is 4.90 Å². The molecule has 3 heterocycles. The van der Waals surface area contributed by atoms with E-state index < -0.39 is 12.0 Å². The Morgan fingerprint density at radius 1 is 1.22 bits per heavy atom. The summed E-state index contributed by atoms with van der Waals surface area (Å²) in [5.41, 5.74) is 0.0915. The molecule has 0 aromatic carbocycles. The van der Waals surface area contributed by atoms with Gasteiger partial charge in [0.05, 0.1) is 0 Å². The number of anilines is 1. The third kappa shape index (κ3) is 3.39. The monoisotopic (exact) mass is 328 g/mol. The second kappa shape index (κ2) is 5.95. The van der Waals surface area contributed by atoms with Crippen LogP contribution in [0.3, 0.4) is 0 Å². The first-order chi connectivity index (χ1) is 10.8. The number of alkyl halides is 3. The minimum Gasteiger partial charge on any atom is -0.358 e. The molecule has 1 aliphatic heterocycles. The third-order valence-electron chi connectivity index (χ3n) is 4.26. The van der Waals surface area contributed by atoms with E-state index in [1.54, 1.807) is 6.07 Å². The van der Waals surface area contributed by atoms with Gasteiger partial charge in [0.1, 0.15) is 5.82 Å². The van der Waals surface area contributed by atoms with Crippen LogP contribution in [-0.2, 0) is 6.18 Å². The maximum atomic E-state index is 12.9. The van der Waals surface area contributed by atoms with Gasteiger partial charge in [0, 0.05) is 13.6 Å². The van der Waals surface area contributed by atoms with Gasteiger partial charge < -0.3 is 9.80 Å². The molecule has 0 radical (unpaired) electrons. The lowest BCUT2D eigenvalue weighted by Crippen LogP contribution is -2.36. The molecule has 3 rings (SSSR count).